The molecule has 0 heterocycles. The molecule has 4 nitrogen and oxygen atoms in total. The van der Waals surface area contributed by atoms with Crippen LogP contribution in [0.25, 0.3) is 0 Å². The van der Waals surface area contributed by atoms with Gasteiger partial charge in [0.2, 0.25) is 0 Å². The second kappa shape index (κ2) is 9.50. The number of thiocarbonyl (C=S) groups is 2. The van der Waals surface area contributed by atoms with Crippen molar-refractivity contribution in [3.05, 3.63) is 58.7 Å². The van der Waals surface area contributed by atoms with E-state index in [-0.39, 0.29) is 0 Å². The van der Waals surface area contributed by atoms with E-state index in [1.165, 1.54) is 22.3 Å². The van der Waals surface area contributed by atoms with Gasteiger partial charge in [0.15, 0.2) is 10.2 Å². The Kier molecular flexibility index (Phi) is 7.36. The molecule has 0 aliphatic heterocycles. The van der Waals surface area contributed by atoms with Crippen molar-refractivity contribution < 1.29 is 0 Å². The molecule has 4 N–H and O–H groups in total. The molecule has 0 saturated heterocycles. The van der Waals surface area contributed by atoms with Crippen molar-refractivity contribution in [1.29, 1.82) is 0 Å². The standard InChI is InChI=1S/C20H26N4S2/c1-13-5-7-17(11-15(13)3)23-19(25)21-9-10-22-20(26)24-18-8-6-14(2)16(4)12-18/h5-8,11-12H,9-10H2,1-4H3,(H2,21,23,25)(H2,22,24,26). The summed E-state index contributed by atoms with van der Waals surface area (Å²) in [5, 5.41) is 13.9. The number of nitrogens with one attached hydrogen (secondary N) is 4. The van der Waals surface area contributed by atoms with E-state index >= 15 is 0 Å². The first-order valence-electron chi connectivity index (χ1n) is 8.59. The highest BCUT2D eigenvalue weighted by molar-refractivity contribution is 7.80. The van der Waals surface area contributed by atoms with Gasteiger partial charge in [0.25, 0.3) is 0 Å². The van der Waals surface area contributed by atoms with Crippen LogP contribution in [0.5, 0.6) is 0 Å². The lowest BCUT2D eigenvalue weighted by Crippen LogP contribution is -2.38. The number of hydrogen-bond acceptors (Lipinski definition) is 2. The molecule has 0 amide bonds. The first kappa shape index (κ1) is 20.1. The summed E-state index contributed by atoms with van der Waals surface area (Å²) in [5.74, 6) is 0. The van der Waals surface area contributed by atoms with E-state index < -0.39 is 0 Å². The van der Waals surface area contributed by atoms with Crippen molar-refractivity contribution in [2.45, 2.75) is 27.7 Å². The zero-order chi connectivity index (χ0) is 19.1. The van der Waals surface area contributed by atoms with Gasteiger partial charge in [-0.25, -0.2) is 0 Å². The third kappa shape index (κ3) is 6.28. The molecule has 2 rings (SSSR count). The van der Waals surface area contributed by atoms with Crippen LogP contribution in [0.3, 0.4) is 0 Å². The first-order valence-corrected chi connectivity index (χ1v) is 9.41. The Morgan fingerprint density at radius 1 is 0.654 bits per heavy atom. The van der Waals surface area contributed by atoms with Crippen LogP contribution in [0.15, 0.2) is 36.4 Å². The van der Waals surface area contributed by atoms with Crippen molar-refractivity contribution in [2.24, 2.45) is 0 Å². The zero-order valence-corrected chi connectivity index (χ0v) is 17.3. The summed E-state index contributed by atoms with van der Waals surface area (Å²) in [6.07, 6.45) is 0. The number of hydrogen-bond donors (Lipinski definition) is 4. The molecule has 0 aromatic heterocycles. The van der Waals surface area contributed by atoms with Gasteiger partial charge in [-0.2, -0.15) is 0 Å². The van der Waals surface area contributed by atoms with E-state index in [1.54, 1.807) is 0 Å². The van der Waals surface area contributed by atoms with Gasteiger partial charge in [-0.3, -0.25) is 0 Å². The van der Waals surface area contributed by atoms with Crippen molar-refractivity contribution in [3.63, 3.8) is 0 Å². The van der Waals surface area contributed by atoms with Crippen LogP contribution in [-0.2, 0) is 0 Å². The van der Waals surface area contributed by atoms with Crippen LogP contribution >= 0.6 is 24.4 Å². The lowest BCUT2D eigenvalue weighted by atomic mass is 10.1. The van der Waals surface area contributed by atoms with E-state index in [0.717, 1.165) is 11.4 Å². The lowest BCUT2D eigenvalue weighted by Gasteiger charge is -2.14. The predicted molar refractivity (Wildman–Crippen MR) is 120 cm³/mol. The maximum Gasteiger partial charge on any atom is 0.170 e. The Balaban J connectivity index is 1.68. The van der Waals surface area contributed by atoms with Crippen LogP contribution in [-0.4, -0.2) is 23.3 Å². The Hall–Kier alpha value is -2.18. The van der Waals surface area contributed by atoms with Gasteiger partial charge in [0.05, 0.1) is 0 Å². The van der Waals surface area contributed by atoms with Crippen LogP contribution in [0.4, 0.5) is 11.4 Å². The molecule has 0 bridgehead atoms. The minimum Gasteiger partial charge on any atom is -0.361 e. The van der Waals surface area contributed by atoms with Gasteiger partial charge in [0.1, 0.15) is 0 Å². The minimum atomic E-state index is 0.600. The van der Waals surface area contributed by atoms with Crippen molar-refractivity contribution >= 4 is 46.0 Å². The summed E-state index contributed by atoms with van der Waals surface area (Å²) in [6, 6.07) is 12.4. The molecule has 2 aromatic carbocycles. The summed E-state index contributed by atoms with van der Waals surface area (Å²) in [4.78, 5) is 0. The van der Waals surface area contributed by atoms with Crippen LogP contribution in [0.1, 0.15) is 22.3 Å². The fourth-order valence-corrected chi connectivity index (χ4v) is 2.78. The molecular formula is C20H26N4S2. The molecule has 0 aliphatic carbocycles. The number of aryl methyl sites for hydroxylation is 4. The molecule has 0 radical (unpaired) electrons. The molecule has 0 saturated carbocycles. The fourth-order valence-electron chi connectivity index (χ4n) is 2.34. The van der Waals surface area contributed by atoms with Crippen LogP contribution in [0.2, 0.25) is 0 Å². The third-order valence-corrected chi connectivity index (χ3v) is 4.72. The molecule has 6 heteroatoms. The van der Waals surface area contributed by atoms with Gasteiger partial charge < -0.3 is 21.3 Å². The van der Waals surface area contributed by atoms with Crippen LogP contribution in [0, 0.1) is 27.7 Å². The van der Waals surface area contributed by atoms with Gasteiger partial charge >= 0.3 is 0 Å². The van der Waals surface area contributed by atoms with Gasteiger partial charge in [-0.05, 0) is 98.6 Å². The third-order valence-electron chi connectivity index (χ3n) is 4.23. The normalized spacial score (nSPS) is 10.2. The Morgan fingerprint density at radius 3 is 1.38 bits per heavy atom. The van der Waals surface area contributed by atoms with Crippen molar-refractivity contribution in [2.75, 3.05) is 23.7 Å². The van der Waals surface area contributed by atoms with Crippen molar-refractivity contribution in [3.8, 4) is 0 Å². The van der Waals surface area contributed by atoms with Crippen molar-refractivity contribution in [1.82, 2.24) is 10.6 Å². The maximum atomic E-state index is 5.32. The van der Waals surface area contributed by atoms with E-state index in [0.29, 0.717) is 23.3 Å². The first-order chi connectivity index (χ1) is 12.3. The largest absolute Gasteiger partial charge is 0.361 e. The molecule has 0 aliphatic rings. The highest BCUT2D eigenvalue weighted by atomic mass is 32.1. The smallest absolute Gasteiger partial charge is 0.170 e. The molecule has 0 atom stereocenters. The number of rotatable bonds is 5. The topological polar surface area (TPSA) is 48.1 Å². The van der Waals surface area contributed by atoms with E-state index in [1.807, 2.05) is 12.1 Å². The quantitative estimate of drug-likeness (QED) is 0.457. The maximum absolute atomic E-state index is 5.32. The fraction of sp³-hybridized carbons (Fsp3) is 0.300. The molecule has 0 unspecified atom stereocenters. The molecule has 0 spiro atoms. The Bertz CT molecular complexity index is 735. The second-order valence-corrected chi connectivity index (χ2v) is 7.18. The highest BCUT2D eigenvalue weighted by Gasteiger charge is 2.01. The average molecular weight is 387 g/mol. The second-order valence-electron chi connectivity index (χ2n) is 6.36. The molecule has 0 fully saturated rings. The summed E-state index contributed by atoms with van der Waals surface area (Å²) in [6.45, 7) is 9.71. The highest BCUT2D eigenvalue weighted by Crippen LogP contribution is 2.14. The summed E-state index contributed by atoms with van der Waals surface area (Å²) in [7, 11) is 0. The molecule has 26 heavy (non-hydrogen) atoms. The van der Waals surface area contributed by atoms with Gasteiger partial charge in [-0.15, -0.1) is 0 Å². The van der Waals surface area contributed by atoms with Crippen LogP contribution < -0.4 is 21.3 Å². The number of anilines is 2. The monoisotopic (exact) mass is 386 g/mol. The average Bonchev–Trinajstić information content (AvgIpc) is 2.58. The van der Waals surface area contributed by atoms with Gasteiger partial charge in [0, 0.05) is 24.5 Å². The van der Waals surface area contributed by atoms with E-state index in [2.05, 4.69) is 73.2 Å². The lowest BCUT2D eigenvalue weighted by molar-refractivity contribution is 0.821. The number of benzene rings is 2. The predicted octanol–water partition coefficient (Wildman–Crippen LogP) is 4.19. The van der Waals surface area contributed by atoms with E-state index in [9.17, 15) is 0 Å². The Labute approximate surface area is 166 Å². The minimum absolute atomic E-state index is 0.600. The summed E-state index contributed by atoms with van der Waals surface area (Å²) in [5.41, 5.74) is 6.99. The van der Waals surface area contributed by atoms with Gasteiger partial charge in [-0.1, -0.05) is 12.1 Å². The molecule has 138 valence electrons. The summed E-state index contributed by atoms with van der Waals surface area (Å²) < 4.78 is 0. The molecular weight excluding hydrogens is 360 g/mol. The van der Waals surface area contributed by atoms with E-state index in [4.69, 9.17) is 24.4 Å². The zero-order valence-electron chi connectivity index (χ0n) is 15.7. The Morgan fingerprint density at radius 2 is 1.04 bits per heavy atom. The SMILES string of the molecule is Cc1ccc(NC(=S)NCCNC(=S)Nc2ccc(C)c(C)c2)cc1C. The molecule has 2 aromatic rings. The summed E-state index contributed by atoms with van der Waals surface area (Å²) >= 11 is 10.6.